The molecule has 3 heteroatoms. The Morgan fingerprint density at radius 1 is 1.11 bits per heavy atom. The largest absolute Gasteiger partial charge is 0.385 e. The smallest absolute Gasteiger partial charge is 0.0947 e. The number of hydrogen-bond donors (Lipinski definition) is 2. The van der Waals surface area contributed by atoms with E-state index in [1.165, 1.54) is 12.8 Å². The van der Waals surface area contributed by atoms with Gasteiger partial charge >= 0.3 is 0 Å². The highest BCUT2D eigenvalue weighted by atomic mass is 16.3. The van der Waals surface area contributed by atoms with Gasteiger partial charge in [-0.15, -0.1) is 0 Å². The van der Waals surface area contributed by atoms with Crippen LogP contribution in [0, 0.1) is 0 Å². The van der Waals surface area contributed by atoms with Crippen LogP contribution in [-0.2, 0) is 5.60 Å². The summed E-state index contributed by atoms with van der Waals surface area (Å²) < 4.78 is 0. The number of fused-ring (bicyclic) bond motifs is 3. The average Bonchev–Trinajstić information content (AvgIpc) is 2.78. The van der Waals surface area contributed by atoms with Gasteiger partial charge in [-0.3, -0.25) is 4.98 Å². The zero-order valence-corrected chi connectivity index (χ0v) is 10.8. The van der Waals surface area contributed by atoms with Gasteiger partial charge in [0.1, 0.15) is 0 Å². The molecular formula is C16H18N2O. The van der Waals surface area contributed by atoms with Crippen LogP contribution in [0.4, 0.5) is 0 Å². The van der Waals surface area contributed by atoms with Gasteiger partial charge in [0.2, 0.25) is 0 Å². The van der Waals surface area contributed by atoms with E-state index in [2.05, 4.69) is 22.4 Å². The molecule has 3 nitrogen and oxygen atoms in total. The third kappa shape index (κ3) is 1.77. The fourth-order valence-electron chi connectivity index (χ4n) is 3.83. The molecule has 4 rings (SSSR count). The lowest BCUT2D eigenvalue weighted by Gasteiger charge is -2.37. The SMILES string of the molecule is OC1(c2cncc3ccccc23)CC2CCC(C1)N2. The lowest BCUT2D eigenvalue weighted by molar-refractivity contribution is -0.0103. The first kappa shape index (κ1) is 11.4. The minimum absolute atomic E-state index is 0.461. The number of pyridine rings is 1. The third-order valence-corrected chi connectivity index (χ3v) is 4.67. The number of aliphatic hydroxyl groups is 1. The molecule has 2 saturated heterocycles. The molecule has 2 aromatic rings. The predicted octanol–water partition coefficient (Wildman–Crippen LogP) is 2.34. The fourth-order valence-corrected chi connectivity index (χ4v) is 3.83. The molecule has 0 saturated carbocycles. The Kier molecular flexibility index (Phi) is 2.41. The molecule has 1 aromatic heterocycles. The van der Waals surface area contributed by atoms with Crippen LogP contribution in [0.25, 0.3) is 10.8 Å². The highest BCUT2D eigenvalue weighted by Gasteiger charge is 2.44. The van der Waals surface area contributed by atoms with Gasteiger partial charge in [-0.25, -0.2) is 0 Å². The van der Waals surface area contributed by atoms with Crippen molar-refractivity contribution in [1.29, 1.82) is 0 Å². The van der Waals surface area contributed by atoms with E-state index in [-0.39, 0.29) is 0 Å². The average molecular weight is 254 g/mol. The first-order valence-electron chi connectivity index (χ1n) is 7.06. The van der Waals surface area contributed by atoms with Crippen molar-refractivity contribution < 1.29 is 5.11 Å². The summed E-state index contributed by atoms with van der Waals surface area (Å²) in [6.07, 6.45) is 7.71. The molecule has 3 heterocycles. The standard InChI is InChI=1S/C16H18N2O/c19-16(7-12-5-6-13(8-16)18-12)15-10-17-9-11-3-1-2-4-14(11)15/h1-4,9-10,12-13,18-19H,5-8H2. The van der Waals surface area contributed by atoms with Crippen molar-refractivity contribution in [1.82, 2.24) is 10.3 Å². The second-order valence-corrected chi connectivity index (χ2v) is 5.99. The van der Waals surface area contributed by atoms with Crippen LogP contribution in [0.5, 0.6) is 0 Å². The van der Waals surface area contributed by atoms with E-state index in [0.717, 1.165) is 29.2 Å². The Bertz CT molecular complexity index is 608. The molecule has 2 aliphatic rings. The number of hydrogen-bond acceptors (Lipinski definition) is 3. The minimum Gasteiger partial charge on any atom is -0.385 e. The van der Waals surface area contributed by atoms with Gasteiger partial charge in [0.25, 0.3) is 0 Å². The van der Waals surface area contributed by atoms with E-state index in [0.29, 0.717) is 12.1 Å². The van der Waals surface area contributed by atoms with Crippen LogP contribution in [0.15, 0.2) is 36.7 Å². The van der Waals surface area contributed by atoms with E-state index < -0.39 is 5.60 Å². The Labute approximate surface area is 112 Å². The summed E-state index contributed by atoms with van der Waals surface area (Å²) in [6, 6.07) is 9.12. The monoisotopic (exact) mass is 254 g/mol. The third-order valence-electron chi connectivity index (χ3n) is 4.67. The van der Waals surface area contributed by atoms with Gasteiger partial charge in [-0.2, -0.15) is 0 Å². The summed E-state index contributed by atoms with van der Waals surface area (Å²) >= 11 is 0. The Morgan fingerprint density at radius 3 is 2.63 bits per heavy atom. The van der Waals surface area contributed by atoms with Crippen LogP contribution in [0.2, 0.25) is 0 Å². The predicted molar refractivity (Wildman–Crippen MR) is 74.8 cm³/mol. The first-order chi connectivity index (χ1) is 9.24. The molecule has 2 bridgehead atoms. The van der Waals surface area contributed by atoms with E-state index >= 15 is 0 Å². The van der Waals surface area contributed by atoms with E-state index in [1.807, 2.05) is 24.5 Å². The van der Waals surface area contributed by atoms with Gasteiger partial charge in [-0.1, -0.05) is 24.3 Å². The van der Waals surface area contributed by atoms with Crippen molar-refractivity contribution >= 4 is 10.8 Å². The van der Waals surface area contributed by atoms with E-state index in [9.17, 15) is 5.11 Å². The van der Waals surface area contributed by atoms with Gasteiger partial charge in [0.15, 0.2) is 0 Å². The van der Waals surface area contributed by atoms with E-state index in [1.54, 1.807) is 0 Å². The molecule has 2 N–H and O–H groups in total. The Balaban J connectivity index is 1.85. The van der Waals surface area contributed by atoms with Crippen molar-refractivity contribution in [2.45, 2.75) is 43.4 Å². The maximum Gasteiger partial charge on any atom is 0.0947 e. The van der Waals surface area contributed by atoms with Crippen molar-refractivity contribution in [3.8, 4) is 0 Å². The summed E-state index contributed by atoms with van der Waals surface area (Å²) in [5, 5.41) is 17.0. The molecule has 0 spiro atoms. The molecule has 1 aromatic carbocycles. The Hall–Kier alpha value is -1.45. The van der Waals surface area contributed by atoms with Crippen LogP contribution in [0.1, 0.15) is 31.2 Å². The highest BCUT2D eigenvalue weighted by Crippen LogP contribution is 2.42. The molecule has 2 fully saturated rings. The lowest BCUT2D eigenvalue weighted by atomic mass is 9.80. The van der Waals surface area contributed by atoms with Crippen LogP contribution in [0.3, 0.4) is 0 Å². The van der Waals surface area contributed by atoms with Crippen molar-refractivity contribution in [2.24, 2.45) is 0 Å². The number of nitrogens with zero attached hydrogens (tertiary/aromatic N) is 1. The van der Waals surface area contributed by atoms with Gasteiger partial charge < -0.3 is 10.4 Å². The van der Waals surface area contributed by atoms with Crippen molar-refractivity contribution in [2.75, 3.05) is 0 Å². The topological polar surface area (TPSA) is 45.2 Å². The second kappa shape index (κ2) is 4.02. The summed E-state index contributed by atoms with van der Waals surface area (Å²) in [5.74, 6) is 0. The van der Waals surface area contributed by atoms with Crippen molar-refractivity contribution in [3.05, 3.63) is 42.2 Å². The van der Waals surface area contributed by atoms with E-state index in [4.69, 9.17) is 0 Å². The molecule has 98 valence electrons. The number of aromatic nitrogens is 1. The molecule has 0 amide bonds. The summed E-state index contributed by atoms with van der Waals surface area (Å²) in [7, 11) is 0. The molecule has 0 aliphatic carbocycles. The lowest BCUT2D eigenvalue weighted by Crippen LogP contribution is -2.46. The molecule has 19 heavy (non-hydrogen) atoms. The normalized spacial score (nSPS) is 33.7. The first-order valence-corrected chi connectivity index (χ1v) is 7.06. The van der Waals surface area contributed by atoms with Gasteiger partial charge in [0.05, 0.1) is 5.60 Å². The van der Waals surface area contributed by atoms with Gasteiger partial charge in [-0.05, 0) is 31.1 Å². The number of piperidine rings is 1. The van der Waals surface area contributed by atoms with Crippen molar-refractivity contribution in [3.63, 3.8) is 0 Å². The molecule has 2 atom stereocenters. The van der Waals surface area contributed by atoms with Crippen LogP contribution >= 0.6 is 0 Å². The summed E-state index contributed by atoms with van der Waals surface area (Å²) in [4.78, 5) is 4.32. The Morgan fingerprint density at radius 2 is 1.84 bits per heavy atom. The quantitative estimate of drug-likeness (QED) is 0.821. The maximum atomic E-state index is 11.1. The summed E-state index contributed by atoms with van der Waals surface area (Å²) in [6.45, 7) is 0. The number of rotatable bonds is 1. The number of nitrogens with one attached hydrogen (secondary N) is 1. The van der Waals surface area contributed by atoms with Crippen LogP contribution < -0.4 is 5.32 Å². The second-order valence-electron chi connectivity index (χ2n) is 5.99. The molecule has 2 aliphatic heterocycles. The molecule has 0 radical (unpaired) electrons. The van der Waals surface area contributed by atoms with Crippen LogP contribution in [-0.4, -0.2) is 22.2 Å². The fraction of sp³-hybridized carbons (Fsp3) is 0.438. The zero-order chi connectivity index (χ0) is 12.9. The molecular weight excluding hydrogens is 236 g/mol. The number of benzene rings is 1. The summed E-state index contributed by atoms with van der Waals surface area (Å²) in [5.41, 5.74) is 0.286. The zero-order valence-electron chi connectivity index (χ0n) is 10.8. The van der Waals surface area contributed by atoms with Gasteiger partial charge in [0, 0.05) is 35.4 Å². The minimum atomic E-state index is -0.717. The molecule has 2 unspecified atom stereocenters. The maximum absolute atomic E-state index is 11.1. The highest BCUT2D eigenvalue weighted by molar-refractivity contribution is 5.85.